The van der Waals surface area contributed by atoms with E-state index < -0.39 is 5.60 Å². The van der Waals surface area contributed by atoms with E-state index in [2.05, 4.69) is 19.1 Å². The van der Waals surface area contributed by atoms with Gasteiger partial charge in [-0.2, -0.15) is 0 Å². The average Bonchev–Trinajstić information content (AvgIpc) is 3.04. The second kappa shape index (κ2) is 5.21. The van der Waals surface area contributed by atoms with Gasteiger partial charge in [-0.3, -0.25) is 0 Å². The summed E-state index contributed by atoms with van der Waals surface area (Å²) in [6.45, 7) is 2.20. The third-order valence-corrected chi connectivity index (χ3v) is 6.70. The number of thiophene rings is 1. The summed E-state index contributed by atoms with van der Waals surface area (Å²) >= 11 is 1.89. The first-order chi connectivity index (χ1) is 9.13. The highest BCUT2D eigenvalue weighted by Gasteiger charge is 2.43. The van der Waals surface area contributed by atoms with E-state index in [9.17, 15) is 5.11 Å². The monoisotopic (exact) mass is 278 g/mol. The maximum absolute atomic E-state index is 10.9. The second-order valence-electron chi connectivity index (χ2n) is 6.83. The first kappa shape index (κ1) is 13.6. The molecule has 0 aliphatic heterocycles. The van der Waals surface area contributed by atoms with E-state index in [1.165, 1.54) is 48.3 Å². The van der Waals surface area contributed by atoms with Gasteiger partial charge in [0, 0.05) is 16.2 Å². The van der Waals surface area contributed by atoms with Crippen LogP contribution < -0.4 is 0 Å². The first-order valence-electron chi connectivity index (χ1n) is 7.93. The first-order valence-corrected chi connectivity index (χ1v) is 8.75. The highest BCUT2D eigenvalue weighted by Crippen LogP contribution is 2.51. The van der Waals surface area contributed by atoms with E-state index in [-0.39, 0.29) is 0 Å². The van der Waals surface area contributed by atoms with Crippen molar-refractivity contribution in [2.45, 2.75) is 76.7 Å². The molecule has 1 N–H and O–H groups in total. The molecule has 0 aromatic carbocycles. The van der Waals surface area contributed by atoms with Crippen molar-refractivity contribution in [3.63, 3.8) is 0 Å². The summed E-state index contributed by atoms with van der Waals surface area (Å²) in [6, 6.07) is 4.45. The summed E-state index contributed by atoms with van der Waals surface area (Å²) in [5.41, 5.74) is 0.208. The largest absolute Gasteiger partial charge is 0.390 e. The van der Waals surface area contributed by atoms with Gasteiger partial charge in [-0.05, 0) is 62.5 Å². The average molecular weight is 278 g/mol. The maximum Gasteiger partial charge on any atom is 0.0696 e. The molecule has 0 atom stereocenters. The summed E-state index contributed by atoms with van der Waals surface area (Å²) in [5.74, 6) is 0. The van der Waals surface area contributed by atoms with Gasteiger partial charge in [0.05, 0.1) is 5.60 Å². The van der Waals surface area contributed by atoms with E-state index in [1.54, 1.807) is 0 Å². The molecule has 1 aromatic rings. The molecule has 19 heavy (non-hydrogen) atoms. The van der Waals surface area contributed by atoms with Crippen LogP contribution in [-0.2, 0) is 12.8 Å². The lowest BCUT2D eigenvalue weighted by Gasteiger charge is -2.42. The third kappa shape index (κ3) is 2.90. The molecule has 0 radical (unpaired) electrons. The molecule has 3 rings (SSSR count). The fourth-order valence-electron chi connectivity index (χ4n) is 4.08. The van der Waals surface area contributed by atoms with Crippen molar-refractivity contribution in [2.75, 3.05) is 0 Å². The Morgan fingerprint density at radius 2 is 1.63 bits per heavy atom. The minimum atomic E-state index is -0.413. The molecule has 2 aliphatic rings. The molecule has 1 spiro atoms. The van der Waals surface area contributed by atoms with Gasteiger partial charge in [-0.25, -0.2) is 0 Å². The lowest BCUT2D eigenvalue weighted by Crippen LogP contribution is -2.39. The Bertz CT molecular complexity index is 418. The van der Waals surface area contributed by atoms with Crippen molar-refractivity contribution in [1.29, 1.82) is 0 Å². The van der Waals surface area contributed by atoms with Crippen LogP contribution in [0.5, 0.6) is 0 Å². The summed E-state index contributed by atoms with van der Waals surface area (Å²) < 4.78 is 0. The molecule has 1 heterocycles. The van der Waals surface area contributed by atoms with Gasteiger partial charge >= 0.3 is 0 Å². The molecule has 0 saturated heterocycles. The van der Waals surface area contributed by atoms with Crippen molar-refractivity contribution < 1.29 is 5.11 Å². The molecular weight excluding hydrogens is 252 g/mol. The Hall–Kier alpha value is -0.340. The van der Waals surface area contributed by atoms with Crippen LogP contribution >= 0.6 is 11.3 Å². The molecule has 2 saturated carbocycles. The van der Waals surface area contributed by atoms with Crippen LogP contribution in [0.15, 0.2) is 12.1 Å². The normalized spacial score (nSPS) is 24.9. The predicted molar refractivity (Wildman–Crippen MR) is 81.7 cm³/mol. The number of aryl methyl sites for hydroxylation is 1. The maximum atomic E-state index is 10.9. The Kier molecular flexibility index (Phi) is 3.74. The van der Waals surface area contributed by atoms with Gasteiger partial charge in [-0.15, -0.1) is 11.3 Å². The zero-order valence-electron chi connectivity index (χ0n) is 12.1. The van der Waals surface area contributed by atoms with E-state index in [0.717, 1.165) is 25.7 Å². The molecule has 1 aromatic heterocycles. The van der Waals surface area contributed by atoms with Gasteiger partial charge < -0.3 is 5.11 Å². The fraction of sp³-hybridized carbons (Fsp3) is 0.765. The number of hydrogen-bond acceptors (Lipinski definition) is 2. The van der Waals surface area contributed by atoms with E-state index in [1.807, 2.05) is 11.3 Å². The number of rotatable bonds is 3. The van der Waals surface area contributed by atoms with Crippen LogP contribution in [0.2, 0.25) is 0 Å². The van der Waals surface area contributed by atoms with Crippen molar-refractivity contribution in [3.05, 3.63) is 21.9 Å². The zero-order chi connectivity index (χ0) is 13.3. The number of aliphatic hydroxyl groups is 1. The highest BCUT2D eigenvalue weighted by molar-refractivity contribution is 7.12. The van der Waals surface area contributed by atoms with Crippen molar-refractivity contribution in [2.24, 2.45) is 5.41 Å². The topological polar surface area (TPSA) is 20.2 Å². The van der Waals surface area contributed by atoms with E-state index >= 15 is 0 Å². The molecule has 106 valence electrons. The van der Waals surface area contributed by atoms with Gasteiger partial charge in [0.25, 0.3) is 0 Å². The summed E-state index contributed by atoms with van der Waals surface area (Å²) in [5, 5.41) is 10.9. The molecular formula is C17H26OS. The minimum absolute atomic E-state index is 0.413. The Morgan fingerprint density at radius 3 is 2.21 bits per heavy atom. The van der Waals surface area contributed by atoms with Gasteiger partial charge in [0.2, 0.25) is 0 Å². The molecule has 0 unspecified atom stereocenters. The SMILES string of the molecule is CCc1ccc(CC2(O)CCC3(CCCC3)CC2)s1. The van der Waals surface area contributed by atoms with Crippen molar-refractivity contribution in [3.8, 4) is 0 Å². The zero-order valence-corrected chi connectivity index (χ0v) is 12.9. The third-order valence-electron chi connectivity index (χ3n) is 5.47. The molecule has 0 amide bonds. The van der Waals surface area contributed by atoms with Crippen LogP contribution in [0.25, 0.3) is 0 Å². The second-order valence-corrected chi connectivity index (χ2v) is 8.08. The van der Waals surface area contributed by atoms with E-state index in [4.69, 9.17) is 0 Å². The Labute approximate surface area is 121 Å². The van der Waals surface area contributed by atoms with Crippen LogP contribution in [0.4, 0.5) is 0 Å². The summed E-state index contributed by atoms with van der Waals surface area (Å²) in [7, 11) is 0. The van der Waals surface area contributed by atoms with Gasteiger partial charge in [0.1, 0.15) is 0 Å². The molecule has 2 aliphatic carbocycles. The lowest BCUT2D eigenvalue weighted by molar-refractivity contribution is -0.0316. The smallest absolute Gasteiger partial charge is 0.0696 e. The van der Waals surface area contributed by atoms with Crippen LogP contribution in [0.3, 0.4) is 0 Å². The Morgan fingerprint density at radius 1 is 1.00 bits per heavy atom. The lowest BCUT2D eigenvalue weighted by atomic mass is 9.67. The quantitative estimate of drug-likeness (QED) is 0.848. The highest BCUT2D eigenvalue weighted by atomic mass is 32.1. The number of hydrogen-bond donors (Lipinski definition) is 1. The molecule has 2 heteroatoms. The fourth-order valence-corrected chi connectivity index (χ4v) is 5.17. The van der Waals surface area contributed by atoms with Gasteiger partial charge in [0.15, 0.2) is 0 Å². The molecule has 0 bridgehead atoms. The van der Waals surface area contributed by atoms with Crippen molar-refractivity contribution >= 4 is 11.3 Å². The molecule has 1 nitrogen and oxygen atoms in total. The Balaban J connectivity index is 1.62. The predicted octanol–water partition coefficient (Wildman–Crippen LogP) is 4.72. The summed E-state index contributed by atoms with van der Waals surface area (Å²) in [6.07, 6.45) is 12.2. The van der Waals surface area contributed by atoms with Crippen LogP contribution in [0.1, 0.15) is 68.0 Å². The summed E-state index contributed by atoms with van der Waals surface area (Å²) in [4.78, 5) is 2.82. The van der Waals surface area contributed by atoms with Gasteiger partial charge in [-0.1, -0.05) is 19.8 Å². The minimum Gasteiger partial charge on any atom is -0.390 e. The standard InChI is InChI=1S/C17H26OS/c1-2-14-5-6-15(19-14)13-17(18)11-9-16(10-12-17)7-3-4-8-16/h5-6,18H,2-4,7-13H2,1H3. The van der Waals surface area contributed by atoms with Crippen LogP contribution in [-0.4, -0.2) is 10.7 Å². The van der Waals surface area contributed by atoms with Crippen LogP contribution in [0, 0.1) is 5.41 Å². The van der Waals surface area contributed by atoms with Crippen molar-refractivity contribution in [1.82, 2.24) is 0 Å². The van der Waals surface area contributed by atoms with E-state index in [0.29, 0.717) is 5.41 Å². The molecule has 2 fully saturated rings.